The van der Waals surface area contributed by atoms with Gasteiger partial charge >= 0.3 is 6.03 Å². The van der Waals surface area contributed by atoms with Crippen molar-refractivity contribution in [3.05, 3.63) is 29.8 Å². The van der Waals surface area contributed by atoms with Crippen LogP contribution in [0.2, 0.25) is 0 Å². The fraction of sp³-hybridized carbons (Fsp3) is 0.562. The van der Waals surface area contributed by atoms with Crippen molar-refractivity contribution in [3.8, 4) is 0 Å². The maximum Gasteiger partial charge on any atom is 0.321 e. The van der Waals surface area contributed by atoms with E-state index >= 15 is 0 Å². The third-order valence-electron chi connectivity index (χ3n) is 4.28. The van der Waals surface area contributed by atoms with Gasteiger partial charge < -0.3 is 20.6 Å². The second kappa shape index (κ2) is 6.91. The van der Waals surface area contributed by atoms with Crippen LogP contribution in [0.3, 0.4) is 0 Å². The Bertz CT molecular complexity index is 492. The fourth-order valence-electron chi connectivity index (χ4n) is 2.49. The summed E-state index contributed by atoms with van der Waals surface area (Å²) in [5, 5.41) is 16.0. The average Bonchev–Trinajstić information content (AvgIpc) is 2.49. The van der Waals surface area contributed by atoms with Crippen molar-refractivity contribution >= 4 is 11.7 Å². The van der Waals surface area contributed by atoms with Crippen LogP contribution >= 0.6 is 0 Å². The Labute approximate surface area is 126 Å². The molecule has 0 aromatic heterocycles. The summed E-state index contributed by atoms with van der Waals surface area (Å²) in [6.07, 6.45) is 0.408. The van der Waals surface area contributed by atoms with Crippen LogP contribution in [0.15, 0.2) is 24.3 Å². The number of aliphatic hydroxyl groups is 1. The summed E-state index contributed by atoms with van der Waals surface area (Å²) in [5.74, 6) is 0.258. The molecule has 0 aliphatic carbocycles. The van der Waals surface area contributed by atoms with Crippen molar-refractivity contribution in [2.75, 3.05) is 25.5 Å². The van der Waals surface area contributed by atoms with E-state index in [1.165, 1.54) is 0 Å². The number of β-amino-alcohol motifs (C(OH)–C–C–N with tert-alkyl or cyclic N) is 1. The predicted octanol–water partition coefficient (Wildman–Crippen LogP) is 2.20. The highest BCUT2D eigenvalue weighted by atomic mass is 16.3. The first-order valence-corrected chi connectivity index (χ1v) is 7.52. The standard InChI is InChI=1S/C16H25N3O2/c1-11-7-8-19(10-15(11)20)16(21)18-14-6-4-5-13(9-14)12(2)17-3/h4-6,9,11-12,15,17,20H,7-8,10H2,1-3H3,(H,18,21). The lowest BCUT2D eigenvalue weighted by Gasteiger charge is -2.34. The molecule has 3 atom stereocenters. The first-order valence-electron chi connectivity index (χ1n) is 7.52. The molecule has 0 saturated carbocycles. The summed E-state index contributed by atoms with van der Waals surface area (Å²) in [6.45, 7) is 5.18. The van der Waals surface area contributed by atoms with Gasteiger partial charge in [0, 0.05) is 24.8 Å². The zero-order chi connectivity index (χ0) is 15.4. The Morgan fingerprint density at radius 3 is 2.90 bits per heavy atom. The number of benzene rings is 1. The van der Waals surface area contributed by atoms with Crippen LogP contribution in [0.5, 0.6) is 0 Å². The minimum Gasteiger partial charge on any atom is -0.391 e. The first-order chi connectivity index (χ1) is 10.0. The van der Waals surface area contributed by atoms with Gasteiger partial charge in [0.2, 0.25) is 0 Å². The zero-order valence-electron chi connectivity index (χ0n) is 13.0. The quantitative estimate of drug-likeness (QED) is 0.800. The molecule has 2 amide bonds. The van der Waals surface area contributed by atoms with E-state index in [-0.39, 0.29) is 18.0 Å². The highest BCUT2D eigenvalue weighted by molar-refractivity contribution is 5.89. The number of urea groups is 1. The topological polar surface area (TPSA) is 64.6 Å². The average molecular weight is 291 g/mol. The molecule has 1 aromatic rings. The second-order valence-electron chi connectivity index (χ2n) is 5.85. The Balaban J connectivity index is 1.99. The van der Waals surface area contributed by atoms with Crippen LogP contribution in [-0.2, 0) is 0 Å². The van der Waals surface area contributed by atoms with Gasteiger partial charge in [-0.05, 0) is 44.0 Å². The fourth-order valence-corrected chi connectivity index (χ4v) is 2.49. The lowest BCUT2D eigenvalue weighted by atomic mass is 9.96. The minimum absolute atomic E-state index is 0.143. The van der Waals surface area contributed by atoms with E-state index in [0.717, 1.165) is 17.7 Å². The molecule has 0 spiro atoms. The van der Waals surface area contributed by atoms with Crippen LogP contribution in [0.1, 0.15) is 31.9 Å². The van der Waals surface area contributed by atoms with E-state index in [4.69, 9.17) is 0 Å². The maximum atomic E-state index is 12.3. The monoisotopic (exact) mass is 291 g/mol. The molecule has 1 fully saturated rings. The third-order valence-corrected chi connectivity index (χ3v) is 4.28. The highest BCUT2D eigenvalue weighted by Gasteiger charge is 2.27. The number of hydrogen-bond donors (Lipinski definition) is 3. The lowest BCUT2D eigenvalue weighted by Crippen LogP contribution is -2.47. The SMILES string of the molecule is CNC(C)c1cccc(NC(=O)N2CCC(C)C(O)C2)c1. The number of carbonyl (C=O) groups is 1. The molecule has 0 radical (unpaired) electrons. The Morgan fingerprint density at radius 1 is 1.48 bits per heavy atom. The van der Waals surface area contributed by atoms with Crippen molar-refractivity contribution in [2.24, 2.45) is 5.92 Å². The van der Waals surface area contributed by atoms with E-state index in [1.54, 1.807) is 4.90 Å². The normalized spacial score (nSPS) is 23.7. The summed E-state index contributed by atoms with van der Waals surface area (Å²) in [6, 6.07) is 7.92. The molecule has 21 heavy (non-hydrogen) atoms. The van der Waals surface area contributed by atoms with E-state index in [1.807, 2.05) is 38.2 Å². The molecule has 1 saturated heterocycles. The number of rotatable bonds is 3. The Morgan fingerprint density at radius 2 is 2.24 bits per heavy atom. The Kier molecular flexibility index (Phi) is 5.20. The summed E-state index contributed by atoms with van der Waals surface area (Å²) in [4.78, 5) is 13.9. The third kappa shape index (κ3) is 3.95. The highest BCUT2D eigenvalue weighted by Crippen LogP contribution is 2.20. The van der Waals surface area contributed by atoms with Gasteiger partial charge in [0.05, 0.1) is 6.10 Å². The molecule has 2 rings (SSSR count). The van der Waals surface area contributed by atoms with Crippen LogP contribution in [0, 0.1) is 5.92 Å². The van der Waals surface area contributed by atoms with Gasteiger partial charge in [0.15, 0.2) is 0 Å². The molecule has 3 unspecified atom stereocenters. The molecule has 3 N–H and O–H groups in total. The smallest absolute Gasteiger partial charge is 0.321 e. The van der Waals surface area contributed by atoms with Crippen molar-refractivity contribution in [1.29, 1.82) is 0 Å². The maximum absolute atomic E-state index is 12.3. The van der Waals surface area contributed by atoms with E-state index in [9.17, 15) is 9.90 Å². The molecular formula is C16H25N3O2. The molecule has 1 aliphatic rings. The number of carbonyl (C=O) groups excluding carboxylic acids is 1. The predicted molar refractivity (Wildman–Crippen MR) is 84.3 cm³/mol. The number of nitrogens with zero attached hydrogens (tertiary/aromatic N) is 1. The molecule has 1 aliphatic heterocycles. The molecule has 5 nitrogen and oxygen atoms in total. The van der Waals surface area contributed by atoms with E-state index < -0.39 is 6.10 Å². The molecule has 5 heteroatoms. The van der Waals surface area contributed by atoms with Gasteiger partial charge in [-0.1, -0.05) is 19.1 Å². The van der Waals surface area contributed by atoms with E-state index in [2.05, 4.69) is 17.6 Å². The van der Waals surface area contributed by atoms with Crippen LogP contribution < -0.4 is 10.6 Å². The zero-order valence-corrected chi connectivity index (χ0v) is 13.0. The summed E-state index contributed by atoms with van der Waals surface area (Å²) in [7, 11) is 1.91. The number of likely N-dealkylation sites (tertiary alicyclic amines) is 1. The number of nitrogens with one attached hydrogen (secondary N) is 2. The van der Waals surface area contributed by atoms with Crippen molar-refractivity contribution < 1.29 is 9.90 Å². The van der Waals surface area contributed by atoms with Crippen LogP contribution in [0.25, 0.3) is 0 Å². The molecule has 1 heterocycles. The molecular weight excluding hydrogens is 266 g/mol. The summed E-state index contributed by atoms with van der Waals surface area (Å²) in [5.41, 5.74) is 1.91. The number of hydrogen-bond acceptors (Lipinski definition) is 3. The molecule has 1 aromatic carbocycles. The molecule has 116 valence electrons. The minimum atomic E-state index is -0.430. The van der Waals surface area contributed by atoms with Gasteiger partial charge in [-0.3, -0.25) is 0 Å². The van der Waals surface area contributed by atoms with Crippen molar-refractivity contribution in [2.45, 2.75) is 32.4 Å². The van der Waals surface area contributed by atoms with Gasteiger partial charge in [-0.25, -0.2) is 4.79 Å². The van der Waals surface area contributed by atoms with Crippen molar-refractivity contribution in [1.82, 2.24) is 10.2 Å². The van der Waals surface area contributed by atoms with E-state index in [0.29, 0.717) is 13.1 Å². The van der Waals surface area contributed by atoms with Gasteiger partial charge in [0.1, 0.15) is 0 Å². The number of amides is 2. The summed E-state index contributed by atoms with van der Waals surface area (Å²) < 4.78 is 0. The Hall–Kier alpha value is -1.59. The van der Waals surface area contributed by atoms with Crippen LogP contribution in [0.4, 0.5) is 10.5 Å². The van der Waals surface area contributed by atoms with Crippen LogP contribution in [-0.4, -0.2) is 42.3 Å². The van der Waals surface area contributed by atoms with Gasteiger partial charge in [-0.2, -0.15) is 0 Å². The summed E-state index contributed by atoms with van der Waals surface area (Å²) >= 11 is 0. The number of piperidine rings is 1. The first kappa shape index (κ1) is 15.8. The van der Waals surface area contributed by atoms with Crippen molar-refractivity contribution in [3.63, 3.8) is 0 Å². The molecule has 0 bridgehead atoms. The van der Waals surface area contributed by atoms with Gasteiger partial charge in [0.25, 0.3) is 0 Å². The van der Waals surface area contributed by atoms with Gasteiger partial charge in [-0.15, -0.1) is 0 Å². The lowest BCUT2D eigenvalue weighted by molar-refractivity contribution is 0.0464. The number of aliphatic hydroxyl groups excluding tert-OH is 1. The largest absolute Gasteiger partial charge is 0.391 e. The second-order valence-corrected chi connectivity index (χ2v) is 5.85. The number of anilines is 1.